The van der Waals surface area contributed by atoms with E-state index >= 15 is 0 Å². The lowest BCUT2D eigenvalue weighted by molar-refractivity contribution is 0.0389. The molecule has 1 saturated heterocycles. The second kappa shape index (κ2) is 5.85. The predicted molar refractivity (Wildman–Crippen MR) is 73.9 cm³/mol. The number of benzene rings is 1. The Labute approximate surface area is 111 Å². The van der Waals surface area contributed by atoms with Crippen molar-refractivity contribution in [3.05, 3.63) is 28.2 Å². The summed E-state index contributed by atoms with van der Waals surface area (Å²) < 4.78 is 6.41. The topological polar surface area (TPSA) is 38.5 Å². The van der Waals surface area contributed by atoms with Crippen molar-refractivity contribution in [2.75, 3.05) is 25.9 Å². The van der Waals surface area contributed by atoms with Crippen molar-refractivity contribution >= 4 is 21.6 Å². The van der Waals surface area contributed by atoms with Crippen LogP contribution in [0.15, 0.2) is 22.7 Å². The molecule has 2 N–H and O–H groups in total. The van der Waals surface area contributed by atoms with E-state index in [1.807, 2.05) is 12.1 Å². The van der Waals surface area contributed by atoms with Gasteiger partial charge in [0, 0.05) is 36.9 Å². The smallest absolute Gasteiger partial charge is 0.0595 e. The fourth-order valence-corrected chi connectivity index (χ4v) is 2.63. The highest BCUT2D eigenvalue weighted by molar-refractivity contribution is 9.10. The van der Waals surface area contributed by atoms with Gasteiger partial charge in [-0.15, -0.1) is 0 Å². The molecule has 0 saturated carbocycles. The van der Waals surface area contributed by atoms with E-state index in [4.69, 9.17) is 10.5 Å². The number of nitrogen functional groups attached to an aromatic ring is 1. The van der Waals surface area contributed by atoms with Gasteiger partial charge in [-0.3, -0.25) is 4.90 Å². The van der Waals surface area contributed by atoms with E-state index in [1.54, 1.807) is 7.11 Å². The average molecular weight is 299 g/mol. The number of hydrogen-bond acceptors (Lipinski definition) is 3. The van der Waals surface area contributed by atoms with Crippen LogP contribution in [0.2, 0.25) is 0 Å². The third-order valence-electron chi connectivity index (χ3n) is 3.37. The molecule has 0 bridgehead atoms. The van der Waals surface area contributed by atoms with Crippen molar-refractivity contribution in [1.82, 2.24) is 4.90 Å². The molecule has 0 amide bonds. The van der Waals surface area contributed by atoms with Gasteiger partial charge in [0.15, 0.2) is 0 Å². The second-order valence-corrected chi connectivity index (χ2v) is 5.47. The Morgan fingerprint density at radius 3 is 2.71 bits per heavy atom. The Hall–Kier alpha value is -0.580. The number of piperidine rings is 1. The van der Waals surface area contributed by atoms with Gasteiger partial charge in [-0.2, -0.15) is 0 Å². The van der Waals surface area contributed by atoms with Crippen LogP contribution in [0.4, 0.5) is 5.69 Å². The second-order valence-electron chi connectivity index (χ2n) is 4.55. The van der Waals surface area contributed by atoms with Crippen LogP contribution in [0.3, 0.4) is 0 Å². The number of likely N-dealkylation sites (tertiary alicyclic amines) is 1. The first-order chi connectivity index (χ1) is 8.19. The molecule has 1 aliphatic heterocycles. The normalized spacial score (nSPS) is 18.5. The lowest BCUT2D eigenvalue weighted by Gasteiger charge is -2.31. The van der Waals surface area contributed by atoms with E-state index in [9.17, 15) is 0 Å². The Morgan fingerprint density at radius 1 is 1.41 bits per heavy atom. The zero-order valence-corrected chi connectivity index (χ0v) is 11.7. The van der Waals surface area contributed by atoms with Gasteiger partial charge in [-0.05, 0) is 30.5 Å². The molecule has 0 aromatic heterocycles. The van der Waals surface area contributed by atoms with Gasteiger partial charge in [0.25, 0.3) is 0 Å². The summed E-state index contributed by atoms with van der Waals surface area (Å²) in [5.74, 6) is 0. The van der Waals surface area contributed by atoms with Crippen LogP contribution >= 0.6 is 15.9 Å². The molecule has 0 atom stereocenters. The summed E-state index contributed by atoms with van der Waals surface area (Å²) in [7, 11) is 1.80. The predicted octanol–water partition coefficient (Wildman–Crippen LogP) is 2.64. The number of hydrogen-bond donors (Lipinski definition) is 1. The number of anilines is 1. The standard InChI is InChI=1S/C13H19BrN2O/c1-17-12-4-6-16(7-5-12)9-10-2-3-11(14)8-13(10)15/h2-3,8,12H,4-7,9,15H2,1H3. The largest absolute Gasteiger partial charge is 0.398 e. The first kappa shape index (κ1) is 12.9. The van der Waals surface area contributed by atoms with Crippen molar-refractivity contribution in [1.29, 1.82) is 0 Å². The lowest BCUT2D eigenvalue weighted by atomic mass is 10.1. The summed E-state index contributed by atoms with van der Waals surface area (Å²) in [6, 6.07) is 6.12. The molecule has 1 fully saturated rings. The maximum atomic E-state index is 6.01. The molecule has 0 radical (unpaired) electrons. The van der Waals surface area contributed by atoms with Crippen molar-refractivity contribution in [2.24, 2.45) is 0 Å². The van der Waals surface area contributed by atoms with E-state index in [0.29, 0.717) is 6.10 Å². The first-order valence-electron chi connectivity index (χ1n) is 5.98. The Balaban J connectivity index is 1.93. The van der Waals surface area contributed by atoms with Crippen molar-refractivity contribution in [3.8, 4) is 0 Å². The van der Waals surface area contributed by atoms with Gasteiger partial charge in [0.2, 0.25) is 0 Å². The molecular formula is C13H19BrN2O. The van der Waals surface area contributed by atoms with Gasteiger partial charge < -0.3 is 10.5 Å². The maximum Gasteiger partial charge on any atom is 0.0595 e. The van der Waals surface area contributed by atoms with E-state index in [2.05, 4.69) is 26.9 Å². The molecule has 1 heterocycles. The number of ether oxygens (including phenoxy) is 1. The highest BCUT2D eigenvalue weighted by atomic mass is 79.9. The third kappa shape index (κ3) is 3.44. The summed E-state index contributed by atoms with van der Waals surface area (Å²) >= 11 is 3.43. The summed E-state index contributed by atoms with van der Waals surface area (Å²) in [6.07, 6.45) is 2.67. The SMILES string of the molecule is COC1CCN(Cc2ccc(Br)cc2N)CC1. The minimum atomic E-state index is 0.438. The summed E-state index contributed by atoms with van der Waals surface area (Å²) in [5.41, 5.74) is 8.09. The number of nitrogens with zero attached hydrogens (tertiary/aromatic N) is 1. The molecule has 0 aliphatic carbocycles. The van der Waals surface area contributed by atoms with Crippen LogP contribution in [0.5, 0.6) is 0 Å². The summed E-state index contributed by atoms with van der Waals surface area (Å²) in [6.45, 7) is 3.12. The Kier molecular flexibility index (Phi) is 4.42. The van der Waals surface area contributed by atoms with E-state index in [1.165, 1.54) is 5.56 Å². The minimum Gasteiger partial charge on any atom is -0.398 e. The monoisotopic (exact) mass is 298 g/mol. The van der Waals surface area contributed by atoms with Crippen molar-refractivity contribution < 1.29 is 4.74 Å². The molecule has 1 aliphatic rings. The van der Waals surface area contributed by atoms with Crippen LogP contribution in [0, 0.1) is 0 Å². The molecule has 0 spiro atoms. The number of halogens is 1. The third-order valence-corrected chi connectivity index (χ3v) is 3.86. The van der Waals surface area contributed by atoms with E-state index in [0.717, 1.165) is 42.6 Å². The zero-order valence-electron chi connectivity index (χ0n) is 10.2. The highest BCUT2D eigenvalue weighted by Gasteiger charge is 2.19. The number of methoxy groups -OCH3 is 1. The van der Waals surface area contributed by atoms with Crippen molar-refractivity contribution in [3.63, 3.8) is 0 Å². The van der Waals surface area contributed by atoms with Gasteiger partial charge in [-0.25, -0.2) is 0 Å². The number of rotatable bonds is 3. The van der Waals surface area contributed by atoms with Crippen LogP contribution in [-0.2, 0) is 11.3 Å². The lowest BCUT2D eigenvalue weighted by Crippen LogP contribution is -2.36. The molecule has 1 aromatic rings. The van der Waals surface area contributed by atoms with Gasteiger partial charge in [0.1, 0.15) is 0 Å². The number of nitrogens with two attached hydrogens (primary N) is 1. The van der Waals surface area contributed by atoms with Crippen LogP contribution in [0.25, 0.3) is 0 Å². The van der Waals surface area contributed by atoms with Crippen LogP contribution in [0.1, 0.15) is 18.4 Å². The minimum absolute atomic E-state index is 0.438. The molecule has 2 rings (SSSR count). The molecule has 17 heavy (non-hydrogen) atoms. The quantitative estimate of drug-likeness (QED) is 0.872. The molecule has 94 valence electrons. The highest BCUT2D eigenvalue weighted by Crippen LogP contribution is 2.22. The molecule has 4 heteroatoms. The molecule has 1 aromatic carbocycles. The Morgan fingerprint density at radius 2 is 2.12 bits per heavy atom. The van der Waals surface area contributed by atoms with E-state index < -0.39 is 0 Å². The maximum absolute atomic E-state index is 6.01. The van der Waals surface area contributed by atoms with Gasteiger partial charge in [-0.1, -0.05) is 22.0 Å². The summed E-state index contributed by atoms with van der Waals surface area (Å²) in [5, 5.41) is 0. The molecule has 3 nitrogen and oxygen atoms in total. The van der Waals surface area contributed by atoms with Crippen molar-refractivity contribution in [2.45, 2.75) is 25.5 Å². The van der Waals surface area contributed by atoms with Gasteiger partial charge in [0.05, 0.1) is 6.10 Å². The molecular weight excluding hydrogens is 280 g/mol. The summed E-state index contributed by atoms with van der Waals surface area (Å²) in [4.78, 5) is 2.44. The molecule has 0 unspecified atom stereocenters. The fourth-order valence-electron chi connectivity index (χ4n) is 2.25. The van der Waals surface area contributed by atoms with Crippen LogP contribution < -0.4 is 5.73 Å². The van der Waals surface area contributed by atoms with Crippen LogP contribution in [-0.4, -0.2) is 31.2 Å². The first-order valence-corrected chi connectivity index (χ1v) is 6.77. The zero-order chi connectivity index (χ0) is 12.3. The van der Waals surface area contributed by atoms with E-state index in [-0.39, 0.29) is 0 Å². The fraction of sp³-hybridized carbons (Fsp3) is 0.538. The van der Waals surface area contributed by atoms with Gasteiger partial charge >= 0.3 is 0 Å². The Bertz CT molecular complexity index is 376. The average Bonchev–Trinajstić information content (AvgIpc) is 2.34.